The fourth-order valence-corrected chi connectivity index (χ4v) is 5.78. The second-order valence-corrected chi connectivity index (χ2v) is 13.3. The van der Waals surface area contributed by atoms with Crippen molar-refractivity contribution < 1.29 is 46.6 Å². The average Bonchev–Trinajstić information content (AvgIpc) is 3.51. The Hall–Kier alpha value is -4.38. The van der Waals surface area contributed by atoms with E-state index in [0.717, 1.165) is 4.68 Å². The predicted octanol–water partition coefficient (Wildman–Crippen LogP) is 4.42. The van der Waals surface area contributed by atoms with Gasteiger partial charge in [0.25, 0.3) is 5.91 Å². The number of carbonyl (C=O) groups is 4. The molecule has 14 nitrogen and oxygen atoms in total. The number of anilines is 3. The van der Waals surface area contributed by atoms with E-state index in [1.165, 1.54) is 24.1 Å². The summed E-state index contributed by atoms with van der Waals surface area (Å²) >= 11 is 0. The summed E-state index contributed by atoms with van der Waals surface area (Å²) in [6, 6.07) is 4.33. The highest BCUT2D eigenvalue weighted by atomic mass is 19.4. The summed E-state index contributed by atoms with van der Waals surface area (Å²) in [7, 11) is 3.24. The Balaban J connectivity index is 1.80. The zero-order chi connectivity index (χ0) is 36.5. The number of hydrogen-bond donors (Lipinski definition) is 1. The minimum Gasteiger partial charge on any atom is -0.448 e. The zero-order valence-electron chi connectivity index (χ0n) is 29.1. The highest BCUT2D eigenvalue weighted by Crippen LogP contribution is 2.43. The van der Waals surface area contributed by atoms with E-state index in [4.69, 9.17) is 14.2 Å². The van der Waals surface area contributed by atoms with Crippen molar-refractivity contribution in [3.63, 3.8) is 0 Å². The van der Waals surface area contributed by atoms with Crippen LogP contribution >= 0.6 is 0 Å². The number of benzene rings is 1. The van der Waals surface area contributed by atoms with Gasteiger partial charge in [-0.05, 0) is 66.8 Å². The quantitative estimate of drug-likeness (QED) is 0.423. The smallest absolute Gasteiger partial charge is 0.448 e. The van der Waals surface area contributed by atoms with Crippen molar-refractivity contribution in [2.45, 2.75) is 65.4 Å². The molecule has 1 fully saturated rings. The number of piperazine rings is 1. The number of nitrogens with zero attached hydrogens (tertiary/aromatic N) is 6. The molecule has 4 rings (SSSR count). The number of carbonyl (C=O) groups excluding carboxylic acids is 4. The summed E-state index contributed by atoms with van der Waals surface area (Å²) in [5.74, 6) is -3.19. The van der Waals surface area contributed by atoms with Crippen molar-refractivity contribution in [1.29, 1.82) is 0 Å². The molecule has 0 bridgehead atoms. The Labute approximate surface area is 283 Å². The fraction of sp³-hybridized carbons (Fsp3) is 0.594. The zero-order valence-corrected chi connectivity index (χ0v) is 29.1. The van der Waals surface area contributed by atoms with Crippen molar-refractivity contribution in [1.82, 2.24) is 19.6 Å². The molecule has 0 unspecified atom stereocenters. The van der Waals surface area contributed by atoms with Crippen molar-refractivity contribution in [2.75, 3.05) is 75.2 Å². The van der Waals surface area contributed by atoms with Gasteiger partial charge in [0.1, 0.15) is 5.60 Å². The first-order chi connectivity index (χ1) is 22.8. The fourth-order valence-electron chi connectivity index (χ4n) is 5.78. The molecule has 1 saturated heterocycles. The number of nitrogens with one attached hydrogen (secondary N) is 1. The maximum Gasteiger partial charge on any atom is 0.471 e. The molecule has 3 amide bonds. The van der Waals surface area contributed by atoms with Gasteiger partial charge in [0.15, 0.2) is 5.82 Å². The SMILES string of the molecule is CCOC(=O)n1nc(NC(=O)c2ccc(N3CCN(C)CC3)cc2N(CCOC)C(=O)C(F)(F)F)c2c1C(C)(C)N(C(=O)OC(C)(C)C)C2. The lowest BCUT2D eigenvalue weighted by atomic mass is 10.0. The number of fused-ring (bicyclic) bond motifs is 1. The largest absolute Gasteiger partial charge is 0.471 e. The second-order valence-electron chi connectivity index (χ2n) is 13.3. The van der Waals surface area contributed by atoms with Crippen molar-refractivity contribution in [3.05, 3.63) is 35.0 Å². The van der Waals surface area contributed by atoms with Gasteiger partial charge in [-0.1, -0.05) is 0 Å². The van der Waals surface area contributed by atoms with Gasteiger partial charge in [-0.2, -0.15) is 17.9 Å². The van der Waals surface area contributed by atoms with Crippen LogP contribution in [0.15, 0.2) is 18.2 Å². The van der Waals surface area contributed by atoms with Crippen molar-refractivity contribution in [2.24, 2.45) is 0 Å². The number of alkyl halides is 3. The lowest BCUT2D eigenvalue weighted by Crippen LogP contribution is -2.45. The van der Waals surface area contributed by atoms with Gasteiger partial charge in [0, 0.05) is 51.1 Å². The van der Waals surface area contributed by atoms with Crippen LogP contribution in [-0.2, 0) is 31.1 Å². The first kappa shape index (κ1) is 37.4. The summed E-state index contributed by atoms with van der Waals surface area (Å²) < 4.78 is 58.5. The molecule has 2 aliphatic rings. The molecule has 270 valence electrons. The third kappa shape index (κ3) is 8.09. The molecule has 49 heavy (non-hydrogen) atoms. The first-order valence-corrected chi connectivity index (χ1v) is 15.9. The van der Waals surface area contributed by atoms with Gasteiger partial charge in [0.2, 0.25) is 0 Å². The Bertz CT molecular complexity index is 1580. The van der Waals surface area contributed by atoms with Crippen LogP contribution in [0, 0.1) is 0 Å². The van der Waals surface area contributed by atoms with E-state index < -0.39 is 47.9 Å². The number of likely N-dealkylation sites (N-methyl/N-ethyl adjacent to an activating group) is 1. The van der Waals surface area contributed by atoms with Crippen LogP contribution in [0.1, 0.15) is 63.2 Å². The van der Waals surface area contributed by atoms with Crippen molar-refractivity contribution in [3.8, 4) is 0 Å². The number of rotatable bonds is 8. The van der Waals surface area contributed by atoms with E-state index in [1.807, 2.05) is 11.9 Å². The van der Waals surface area contributed by atoms with Crippen LogP contribution in [0.5, 0.6) is 0 Å². The normalized spacial score (nSPS) is 16.3. The summed E-state index contributed by atoms with van der Waals surface area (Å²) in [5, 5.41) is 6.94. The Morgan fingerprint density at radius 2 is 1.69 bits per heavy atom. The first-order valence-electron chi connectivity index (χ1n) is 15.9. The molecule has 3 heterocycles. The highest BCUT2D eigenvalue weighted by molar-refractivity contribution is 6.12. The lowest BCUT2D eigenvalue weighted by Gasteiger charge is -2.35. The minimum atomic E-state index is -5.25. The van der Waals surface area contributed by atoms with E-state index in [2.05, 4.69) is 15.3 Å². The maximum atomic E-state index is 14.0. The third-order valence-corrected chi connectivity index (χ3v) is 8.23. The van der Waals surface area contributed by atoms with E-state index in [-0.39, 0.29) is 42.5 Å². The highest BCUT2D eigenvalue weighted by Gasteiger charge is 2.49. The van der Waals surface area contributed by atoms with E-state index in [0.29, 0.717) is 42.3 Å². The summed E-state index contributed by atoms with van der Waals surface area (Å²) in [5.41, 5.74) is -1.45. The molecule has 0 spiro atoms. The molecule has 2 aliphatic heterocycles. The molecule has 0 radical (unpaired) electrons. The topological polar surface area (TPSA) is 139 Å². The lowest BCUT2D eigenvalue weighted by molar-refractivity contribution is -0.170. The molecule has 1 N–H and O–H groups in total. The average molecular weight is 696 g/mol. The predicted molar refractivity (Wildman–Crippen MR) is 174 cm³/mol. The molecule has 0 aliphatic carbocycles. The van der Waals surface area contributed by atoms with Gasteiger partial charge in [-0.15, -0.1) is 5.10 Å². The summed E-state index contributed by atoms with van der Waals surface area (Å²) in [4.78, 5) is 59.0. The Kier molecular flexibility index (Phi) is 10.9. The van der Waals surface area contributed by atoms with Crippen molar-refractivity contribution >= 4 is 41.2 Å². The van der Waals surface area contributed by atoms with Crippen LogP contribution < -0.4 is 15.1 Å². The molecular formula is C32H44F3N7O7. The van der Waals surface area contributed by atoms with E-state index in [1.54, 1.807) is 47.6 Å². The Morgan fingerprint density at radius 1 is 1.04 bits per heavy atom. The maximum absolute atomic E-state index is 14.0. The molecule has 1 aromatic heterocycles. The van der Waals surface area contributed by atoms with Crippen LogP contribution in [0.3, 0.4) is 0 Å². The van der Waals surface area contributed by atoms with Gasteiger partial charge < -0.3 is 34.2 Å². The number of ether oxygens (including phenoxy) is 3. The number of halogens is 3. The van der Waals surface area contributed by atoms with Crippen LogP contribution in [-0.4, -0.2) is 115 Å². The second kappa shape index (κ2) is 14.2. The number of hydrogen-bond acceptors (Lipinski definition) is 10. The standard InChI is InChI=1S/C32H44F3N7O7/c1-9-48-29(46)42-24-22(19-41(31(24,5)6)28(45)49-30(2,3)4)25(37-42)36-26(43)21-11-10-20(39-14-12-38(7)13-15-39)18-23(21)40(16-17-47-8)27(44)32(33,34)35/h10-11,18H,9,12-17,19H2,1-8H3,(H,36,37,43). The van der Waals surface area contributed by atoms with Gasteiger partial charge in [0.05, 0.1) is 42.2 Å². The van der Waals surface area contributed by atoms with Crippen LogP contribution in [0.25, 0.3) is 0 Å². The summed E-state index contributed by atoms with van der Waals surface area (Å²) in [6.07, 6.45) is -6.79. The molecular weight excluding hydrogens is 651 g/mol. The van der Waals surface area contributed by atoms with Crippen LogP contribution in [0.4, 0.5) is 40.0 Å². The monoisotopic (exact) mass is 695 g/mol. The number of aromatic nitrogens is 2. The van der Waals surface area contributed by atoms with E-state index >= 15 is 0 Å². The molecule has 17 heteroatoms. The van der Waals surface area contributed by atoms with Gasteiger partial charge in [-0.25, -0.2) is 9.59 Å². The molecule has 0 saturated carbocycles. The number of amides is 3. The van der Waals surface area contributed by atoms with Gasteiger partial charge >= 0.3 is 24.3 Å². The summed E-state index contributed by atoms with van der Waals surface area (Å²) in [6.45, 7) is 11.8. The molecule has 2 aromatic rings. The third-order valence-electron chi connectivity index (χ3n) is 8.23. The number of methoxy groups -OCH3 is 1. The Morgan fingerprint density at radius 3 is 2.27 bits per heavy atom. The molecule has 1 aromatic carbocycles. The van der Waals surface area contributed by atoms with Gasteiger partial charge in [-0.3, -0.25) is 14.5 Å². The van der Waals surface area contributed by atoms with Crippen LogP contribution in [0.2, 0.25) is 0 Å². The molecule has 0 atom stereocenters. The minimum absolute atomic E-state index is 0.0128. The van der Waals surface area contributed by atoms with E-state index in [9.17, 15) is 32.3 Å².